The third-order valence-electron chi connectivity index (χ3n) is 4.03. The zero-order valence-electron chi connectivity index (χ0n) is 12.5. The van der Waals surface area contributed by atoms with Gasteiger partial charge in [-0.2, -0.15) is 10.2 Å². The molecule has 3 aromatic rings. The standard InChI is InChI=1S/C17H15N5O/c18-12-13-5-6-19-16(11-13)21-7-9-22(10-8-21)17-20-14-3-1-2-4-15(14)23-17/h1-6,11H,7-10H2. The molecule has 1 fully saturated rings. The van der Waals surface area contributed by atoms with E-state index in [0.717, 1.165) is 43.1 Å². The molecule has 1 aromatic carbocycles. The molecule has 0 unspecified atom stereocenters. The minimum atomic E-state index is 0.636. The number of fused-ring (bicyclic) bond motifs is 1. The van der Waals surface area contributed by atoms with Crippen LogP contribution in [-0.4, -0.2) is 36.1 Å². The minimum Gasteiger partial charge on any atom is -0.423 e. The van der Waals surface area contributed by atoms with E-state index < -0.39 is 0 Å². The maximum absolute atomic E-state index is 9.00. The molecule has 23 heavy (non-hydrogen) atoms. The van der Waals surface area contributed by atoms with E-state index in [0.29, 0.717) is 11.6 Å². The molecule has 0 N–H and O–H groups in total. The van der Waals surface area contributed by atoms with E-state index >= 15 is 0 Å². The number of oxazole rings is 1. The SMILES string of the molecule is N#Cc1ccnc(N2CCN(c3nc4ccccc4o3)CC2)c1. The third kappa shape index (κ3) is 2.57. The predicted octanol–water partition coefficient (Wildman–Crippen LogP) is 2.42. The summed E-state index contributed by atoms with van der Waals surface area (Å²) < 4.78 is 5.82. The van der Waals surface area contributed by atoms with Crippen molar-refractivity contribution in [2.24, 2.45) is 0 Å². The summed E-state index contributed by atoms with van der Waals surface area (Å²) in [5.41, 5.74) is 2.33. The van der Waals surface area contributed by atoms with Gasteiger partial charge < -0.3 is 14.2 Å². The highest BCUT2D eigenvalue weighted by Crippen LogP contribution is 2.23. The molecule has 0 radical (unpaired) electrons. The van der Waals surface area contributed by atoms with E-state index in [1.165, 1.54) is 0 Å². The first kappa shape index (κ1) is 13.6. The molecule has 4 rings (SSSR count). The van der Waals surface area contributed by atoms with Gasteiger partial charge in [0, 0.05) is 32.4 Å². The van der Waals surface area contributed by atoms with Crippen LogP contribution in [0.2, 0.25) is 0 Å². The van der Waals surface area contributed by atoms with E-state index in [1.54, 1.807) is 12.3 Å². The molecule has 0 saturated carbocycles. The first-order valence-electron chi connectivity index (χ1n) is 7.55. The van der Waals surface area contributed by atoms with Crippen LogP contribution in [0.5, 0.6) is 0 Å². The molecule has 0 bridgehead atoms. The van der Waals surface area contributed by atoms with Gasteiger partial charge in [-0.1, -0.05) is 12.1 Å². The zero-order valence-corrected chi connectivity index (χ0v) is 12.5. The quantitative estimate of drug-likeness (QED) is 0.724. The monoisotopic (exact) mass is 305 g/mol. The molecule has 3 heterocycles. The van der Waals surface area contributed by atoms with E-state index in [9.17, 15) is 0 Å². The molecule has 1 saturated heterocycles. The first-order chi connectivity index (χ1) is 11.3. The Morgan fingerprint density at radius 1 is 1.04 bits per heavy atom. The van der Waals surface area contributed by atoms with Gasteiger partial charge in [-0.15, -0.1) is 0 Å². The van der Waals surface area contributed by atoms with Crippen LogP contribution in [-0.2, 0) is 0 Å². The topological polar surface area (TPSA) is 69.2 Å². The lowest BCUT2D eigenvalue weighted by Crippen LogP contribution is -2.47. The van der Waals surface area contributed by atoms with Crippen molar-refractivity contribution >= 4 is 22.9 Å². The van der Waals surface area contributed by atoms with Crippen LogP contribution in [0.4, 0.5) is 11.8 Å². The summed E-state index contributed by atoms with van der Waals surface area (Å²) in [5, 5.41) is 9.00. The number of nitriles is 1. The van der Waals surface area contributed by atoms with Crippen molar-refractivity contribution in [1.82, 2.24) is 9.97 Å². The van der Waals surface area contributed by atoms with Gasteiger partial charge in [0.15, 0.2) is 5.58 Å². The molecular weight excluding hydrogens is 290 g/mol. The maximum Gasteiger partial charge on any atom is 0.298 e. The number of aromatic nitrogens is 2. The van der Waals surface area contributed by atoms with Gasteiger partial charge in [-0.05, 0) is 24.3 Å². The van der Waals surface area contributed by atoms with Crippen LogP contribution in [0.15, 0.2) is 47.0 Å². The van der Waals surface area contributed by atoms with Gasteiger partial charge in [0.25, 0.3) is 6.01 Å². The van der Waals surface area contributed by atoms with Crippen LogP contribution in [0.3, 0.4) is 0 Å². The minimum absolute atomic E-state index is 0.636. The highest BCUT2D eigenvalue weighted by molar-refractivity contribution is 5.74. The van der Waals surface area contributed by atoms with Gasteiger partial charge in [-0.3, -0.25) is 0 Å². The van der Waals surface area contributed by atoms with E-state index in [1.807, 2.05) is 30.3 Å². The summed E-state index contributed by atoms with van der Waals surface area (Å²) in [7, 11) is 0. The van der Waals surface area contributed by atoms with E-state index in [4.69, 9.17) is 9.68 Å². The molecule has 0 spiro atoms. The number of hydrogen-bond acceptors (Lipinski definition) is 6. The van der Waals surface area contributed by atoms with Gasteiger partial charge in [0.05, 0.1) is 11.6 Å². The highest BCUT2D eigenvalue weighted by Gasteiger charge is 2.21. The lowest BCUT2D eigenvalue weighted by Gasteiger charge is -2.34. The van der Waals surface area contributed by atoms with Gasteiger partial charge >= 0.3 is 0 Å². The van der Waals surface area contributed by atoms with Crippen molar-refractivity contribution in [2.75, 3.05) is 36.0 Å². The Morgan fingerprint density at radius 3 is 2.61 bits per heavy atom. The Balaban J connectivity index is 1.49. The van der Waals surface area contributed by atoms with Crippen molar-refractivity contribution in [3.63, 3.8) is 0 Å². The summed E-state index contributed by atoms with van der Waals surface area (Å²) in [6, 6.07) is 14.2. The van der Waals surface area contributed by atoms with Crippen molar-refractivity contribution in [1.29, 1.82) is 5.26 Å². The molecule has 6 heteroatoms. The van der Waals surface area contributed by atoms with Crippen LogP contribution in [0.25, 0.3) is 11.1 Å². The second-order valence-electron chi connectivity index (χ2n) is 5.45. The summed E-state index contributed by atoms with van der Waals surface area (Å²) >= 11 is 0. The summed E-state index contributed by atoms with van der Waals surface area (Å²) in [6.07, 6.45) is 1.68. The van der Waals surface area contributed by atoms with Gasteiger partial charge in [-0.25, -0.2) is 4.98 Å². The summed E-state index contributed by atoms with van der Waals surface area (Å²) in [5.74, 6) is 0.848. The molecular formula is C17H15N5O. The highest BCUT2D eigenvalue weighted by atomic mass is 16.4. The Kier molecular flexibility index (Phi) is 3.31. The second kappa shape index (κ2) is 5.61. The predicted molar refractivity (Wildman–Crippen MR) is 87.4 cm³/mol. The second-order valence-corrected chi connectivity index (χ2v) is 5.45. The first-order valence-corrected chi connectivity index (χ1v) is 7.55. The molecule has 1 aliphatic rings. The van der Waals surface area contributed by atoms with Crippen molar-refractivity contribution in [2.45, 2.75) is 0 Å². The molecule has 1 aliphatic heterocycles. The molecule has 2 aromatic heterocycles. The number of para-hydroxylation sites is 2. The van der Waals surface area contributed by atoms with E-state index in [2.05, 4.69) is 25.8 Å². The van der Waals surface area contributed by atoms with E-state index in [-0.39, 0.29) is 0 Å². The number of piperazine rings is 1. The van der Waals surface area contributed by atoms with Gasteiger partial charge in [0.1, 0.15) is 11.3 Å². The Hall–Kier alpha value is -3.07. The molecule has 6 nitrogen and oxygen atoms in total. The van der Waals surface area contributed by atoms with Crippen molar-refractivity contribution < 1.29 is 4.42 Å². The lowest BCUT2D eigenvalue weighted by atomic mass is 10.2. The smallest absolute Gasteiger partial charge is 0.298 e. The molecule has 114 valence electrons. The van der Waals surface area contributed by atoms with Crippen LogP contribution in [0, 0.1) is 11.3 Å². The summed E-state index contributed by atoms with van der Waals surface area (Å²) in [4.78, 5) is 13.2. The molecule has 0 amide bonds. The van der Waals surface area contributed by atoms with Crippen molar-refractivity contribution in [3.8, 4) is 6.07 Å². The van der Waals surface area contributed by atoms with Crippen LogP contribution in [0.1, 0.15) is 5.56 Å². The normalized spacial score (nSPS) is 14.9. The largest absolute Gasteiger partial charge is 0.423 e. The number of anilines is 2. The summed E-state index contributed by atoms with van der Waals surface area (Å²) in [6.45, 7) is 3.26. The fourth-order valence-corrected chi connectivity index (χ4v) is 2.78. The zero-order chi connectivity index (χ0) is 15.6. The fraction of sp³-hybridized carbons (Fsp3) is 0.235. The number of rotatable bonds is 2. The average Bonchev–Trinajstić information content (AvgIpc) is 3.06. The third-order valence-corrected chi connectivity index (χ3v) is 4.03. The number of pyridine rings is 1. The Bertz CT molecular complexity index is 841. The van der Waals surface area contributed by atoms with Crippen LogP contribution >= 0.6 is 0 Å². The lowest BCUT2D eigenvalue weighted by molar-refractivity contribution is 0.540. The number of nitrogens with zero attached hydrogens (tertiary/aromatic N) is 5. The number of benzene rings is 1. The average molecular weight is 305 g/mol. The Labute approximate surface area is 133 Å². The fourth-order valence-electron chi connectivity index (χ4n) is 2.78. The maximum atomic E-state index is 9.00. The van der Waals surface area contributed by atoms with Gasteiger partial charge in [0.2, 0.25) is 0 Å². The van der Waals surface area contributed by atoms with Crippen LogP contribution < -0.4 is 9.80 Å². The molecule has 0 aliphatic carbocycles. The Morgan fingerprint density at radius 2 is 1.83 bits per heavy atom. The number of hydrogen-bond donors (Lipinski definition) is 0. The molecule has 0 atom stereocenters. The van der Waals surface area contributed by atoms with Crippen molar-refractivity contribution in [3.05, 3.63) is 48.2 Å².